The van der Waals surface area contributed by atoms with E-state index < -0.39 is 5.97 Å². The summed E-state index contributed by atoms with van der Waals surface area (Å²) < 4.78 is 10.4. The number of anilines is 1. The first-order valence-corrected chi connectivity index (χ1v) is 7.35. The van der Waals surface area contributed by atoms with Gasteiger partial charge < -0.3 is 19.5 Å². The van der Waals surface area contributed by atoms with E-state index in [9.17, 15) is 9.59 Å². The van der Waals surface area contributed by atoms with Gasteiger partial charge in [-0.15, -0.1) is 0 Å². The van der Waals surface area contributed by atoms with Crippen LogP contribution in [0.3, 0.4) is 0 Å². The molecule has 1 heterocycles. The predicted molar refractivity (Wildman–Crippen MR) is 81.1 cm³/mol. The molecule has 0 aromatic heterocycles. The molecule has 6 heteroatoms. The average Bonchev–Trinajstić information content (AvgIpc) is 2.53. The van der Waals surface area contributed by atoms with Gasteiger partial charge in [0, 0.05) is 32.4 Å². The Morgan fingerprint density at radius 3 is 2.50 bits per heavy atom. The first-order chi connectivity index (χ1) is 10.6. The van der Waals surface area contributed by atoms with Crippen molar-refractivity contribution in [3.8, 4) is 5.75 Å². The number of aliphatic carboxylic acids is 1. The Morgan fingerprint density at radius 1 is 1.27 bits per heavy atom. The van der Waals surface area contributed by atoms with Crippen molar-refractivity contribution in [3.05, 3.63) is 24.3 Å². The fourth-order valence-corrected chi connectivity index (χ4v) is 2.39. The van der Waals surface area contributed by atoms with Gasteiger partial charge in [-0.1, -0.05) is 0 Å². The Labute approximate surface area is 129 Å². The second kappa shape index (κ2) is 7.79. The van der Waals surface area contributed by atoms with Gasteiger partial charge >= 0.3 is 5.97 Å². The fraction of sp³-hybridized carbons (Fsp3) is 0.500. The minimum Gasteiger partial charge on any atom is -0.482 e. The van der Waals surface area contributed by atoms with Gasteiger partial charge in [-0.3, -0.25) is 4.79 Å². The molecule has 0 atom stereocenters. The van der Waals surface area contributed by atoms with Gasteiger partial charge in [0.15, 0.2) is 6.61 Å². The highest BCUT2D eigenvalue weighted by Gasteiger charge is 2.20. The molecule has 0 spiro atoms. The van der Waals surface area contributed by atoms with E-state index >= 15 is 0 Å². The number of carboxylic acids is 1. The zero-order chi connectivity index (χ0) is 15.9. The van der Waals surface area contributed by atoms with Crippen LogP contribution in [-0.2, 0) is 14.3 Å². The molecule has 0 saturated carbocycles. The summed E-state index contributed by atoms with van der Waals surface area (Å²) in [6.07, 6.45) is 2.39. The van der Waals surface area contributed by atoms with Gasteiger partial charge in [-0.2, -0.15) is 0 Å². The summed E-state index contributed by atoms with van der Waals surface area (Å²) in [7, 11) is 1.74. The second-order valence-corrected chi connectivity index (χ2v) is 5.39. The molecule has 1 N–H and O–H groups in total. The number of carboxylic acid groups (broad SMARTS) is 1. The molecular weight excluding hydrogens is 286 g/mol. The SMILES string of the molecule is CN(C(=O)CC1CCOCC1)c1ccc(OCC(=O)O)cc1. The Bertz CT molecular complexity index is 508. The first kappa shape index (κ1) is 16.3. The maximum Gasteiger partial charge on any atom is 0.341 e. The van der Waals surface area contributed by atoms with Gasteiger partial charge in [-0.05, 0) is 43.0 Å². The number of amides is 1. The van der Waals surface area contributed by atoms with Crippen molar-refractivity contribution in [2.24, 2.45) is 5.92 Å². The smallest absolute Gasteiger partial charge is 0.341 e. The quantitative estimate of drug-likeness (QED) is 0.869. The average molecular weight is 307 g/mol. The van der Waals surface area contributed by atoms with Crippen LogP contribution in [0.2, 0.25) is 0 Å². The van der Waals surface area contributed by atoms with Gasteiger partial charge in [0.05, 0.1) is 0 Å². The van der Waals surface area contributed by atoms with Crippen molar-refractivity contribution in [2.75, 3.05) is 31.8 Å². The van der Waals surface area contributed by atoms with Crippen molar-refractivity contribution < 1.29 is 24.2 Å². The first-order valence-electron chi connectivity index (χ1n) is 7.35. The Hall–Kier alpha value is -2.08. The van der Waals surface area contributed by atoms with E-state index in [4.69, 9.17) is 14.6 Å². The van der Waals surface area contributed by atoms with E-state index in [1.165, 1.54) is 0 Å². The number of ether oxygens (including phenoxy) is 2. The number of hydrogen-bond donors (Lipinski definition) is 1. The zero-order valence-electron chi connectivity index (χ0n) is 12.7. The summed E-state index contributed by atoms with van der Waals surface area (Å²) in [5.41, 5.74) is 0.764. The highest BCUT2D eigenvalue weighted by molar-refractivity contribution is 5.92. The number of benzene rings is 1. The monoisotopic (exact) mass is 307 g/mol. The Morgan fingerprint density at radius 2 is 1.91 bits per heavy atom. The minimum absolute atomic E-state index is 0.0751. The zero-order valence-corrected chi connectivity index (χ0v) is 12.7. The topological polar surface area (TPSA) is 76.1 Å². The minimum atomic E-state index is -1.02. The van der Waals surface area contributed by atoms with Crippen molar-refractivity contribution in [1.82, 2.24) is 0 Å². The van der Waals surface area contributed by atoms with Crippen molar-refractivity contribution in [3.63, 3.8) is 0 Å². The third kappa shape index (κ3) is 4.73. The summed E-state index contributed by atoms with van der Waals surface area (Å²) in [6, 6.07) is 6.82. The number of nitrogens with zero attached hydrogens (tertiary/aromatic N) is 1. The second-order valence-electron chi connectivity index (χ2n) is 5.39. The highest BCUT2D eigenvalue weighted by atomic mass is 16.5. The lowest BCUT2D eigenvalue weighted by Crippen LogP contribution is -2.29. The lowest BCUT2D eigenvalue weighted by atomic mass is 9.96. The normalized spacial score (nSPS) is 15.3. The standard InChI is InChI=1S/C16H21NO5/c1-17(15(18)10-12-6-8-21-9-7-12)13-2-4-14(5-3-13)22-11-16(19)20/h2-5,12H,6-11H2,1H3,(H,19,20). The van der Waals surface area contributed by atoms with Crippen molar-refractivity contribution in [1.29, 1.82) is 0 Å². The Balaban J connectivity index is 1.89. The molecule has 120 valence electrons. The Kier molecular flexibility index (Phi) is 5.77. The molecule has 1 aromatic rings. The van der Waals surface area contributed by atoms with Gasteiger partial charge in [0.1, 0.15) is 5.75 Å². The van der Waals surface area contributed by atoms with E-state index in [0.717, 1.165) is 31.7 Å². The predicted octanol–water partition coefficient (Wildman–Crippen LogP) is 1.93. The van der Waals surface area contributed by atoms with E-state index in [-0.39, 0.29) is 12.5 Å². The van der Waals surface area contributed by atoms with Crippen LogP contribution in [0, 0.1) is 5.92 Å². The summed E-state index contributed by atoms with van der Waals surface area (Å²) in [5, 5.41) is 8.56. The molecule has 1 aliphatic heterocycles. The van der Waals surface area contributed by atoms with Crippen LogP contribution in [0.15, 0.2) is 24.3 Å². The summed E-state index contributed by atoms with van der Waals surface area (Å²) >= 11 is 0. The van der Waals surface area contributed by atoms with E-state index in [1.54, 1.807) is 36.2 Å². The largest absolute Gasteiger partial charge is 0.482 e. The lowest BCUT2D eigenvalue weighted by Gasteiger charge is -2.24. The third-order valence-corrected chi connectivity index (χ3v) is 3.76. The van der Waals surface area contributed by atoms with Crippen LogP contribution < -0.4 is 9.64 Å². The third-order valence-electron chi connectivity index (χ3n) is 3.76. The molecule has 0 aliphatic carbocycles. The number of carbonyl (C=O) groups is 2. The maximum atomic E-state index is 12.3. The summed E-state index contributed by atoms with van der Waals surface area (Å²) in [6.45, 7) is 1.09. The van der Waals surface area contributed by atoms with Gasteiger partial charge in [-0.25, -0.2) is 4.79 Å². The number of rotatable bonds is 6. The van der Waals surface area contributed by atoms with E-state index in [1.807, 2.05) is 0 Å². The van der Waals surface area contributed by atoms with E-state index in [0.29, 0.717) is 18.1 Å². The molecule has 22 heavy (non-hydrogen) atoms. The van der Waals surface area contributed by atoms with Crippen LogP contribution in [0.5, 0.6) is 5.75 Å². The van der Waals surface area contributed by atoms with Crippen LogP contribution in [0.25, 0.3) is 0 Å². The van der Waals surface area contributed by atoms with Gasteiger partial charge in [0.2, 0.25) is 5.91 Å². The summed E-state index contributed by atoms with van der Waals surface area (Å²) in [5.74, 6) is -0.0859. The molecule has 1 aromatic carbocycles. The van der Waals surface area contributed by atoms with E-state index in [2.05, 4.69) is 0 Å². The molecule has 1 fully saturated rings. The molecule has 0 radical (unpaired) electrons. The van der Waals surface area contributed by atoms with Crippen LogP contribution in [0.4, 0.5) is 5.69 Å². The molecule has 6 nitrogen and oxygen atoms in total. The van der Waals surface area contributed by atoms with Crippen molar-refractivity contribution in [2.45, 2.75) is 19.3 Å². The highest BCUT2D eigenvalue weighted by Crippen LogP contribution is 2.23. The van der Waals surface area contributed by atoms with Crippen LogP contribution in [0.1, 0.15) is 19.3 Å². The molecule has 0 bridgehead atoms. The molecule has 2 rings (SSSR count). The molecule has 0 unspecified atom stereocenters. The summed E-state index contributed by atoms with van der Waals surface area (Å²) in [4.78, 5) is 24.3. The number of carbonyl (C=O) groups excluding carboxylic acids is 1. The van der Waals surface area contributed by atoms with Crippen LogP contribution in [-0.4, -0.2) is 43.9 Å². The van der Waals surface area contributed by atoms with Crippen LogP contribution >= 0.6 is 0 Å². The lowest BCUT2D eigenvalue weighted by molar-refractivity contribution is -0.139. The molecule has 1 aliphatic rings. The van der Waals surface area contributed by atoms with Gasteiger partial charge in [0.25, 0.3) is 0 Å². The molecular formula is C16H21NO5. The molecule has 1 saturated heterocycles. The fourth-order valence-electron chi connectivity index (χ4n) is 2.39. The van der Waals surface area contributed by atoms with Crippen molar-refractivity contribution >= 4 is 17.6 Å². The molecule has 1 amide bonds. The number of hydrogen-bond acceptors (Lipinski definition) is 4. The maximum absolute atomic E-state index is 12.3.